The maximum absolute atomic E-state index is 12.3. The van der Waals surface area contributed by atoms with Gasteiger partial charge in [-0.1, -0.05) is 0 Å². The fourth-order valence-corrected chi connectivity index (χ4v) is 0.491. The van der Waals surface area contributed by atoms with Crippen LogP contribution in [0.4, 0.5) is 18.0 Å². The number of nitrogens with zero attached hydrogens (tertiary/aromatic N) is 1. The van der Waals surface area contributed by atoms with Gasteiger partial charge >= 0.3 is 12.1 Å². The van der Waals surface area contributed by atoms with E-state index in [4.69, 9.17) is 5.11 Å². The van der Waals surface area contributed by atoms with Crippen LogP contribution in [0.2, 0.25) is 0 Å². The molecule has 0 fully saturated rings. The van der Waals surface area contributed by atoms with Crippen LogP contribution in [-0.2, 0) is 4.74 Å². The third-order valence-corrected chi connectivity index (χ3v) is 1.04. The monoisotopic (exact) mass is 187 g/mol. The fraction of sp³-hybridized carbons (Fsp3) is 0.800. The number of hydrogen-bond donors (Lipinski definition) is 1. The molecule has 0 atom stereocenters. The van der Waals surface area contributed by atoms with E-state index in [2.05, 4.69) is 4.74 Å². The first-order chi connectivity index (χ1) is 5.45. The third kappa shape index (κ3) is 2.57. The number of rotatable bonds is 4. The van der Waals surface area contributed by atoms with Crippen molar-refractivity contribution in [1.29, 1.82) is 0 Å². The zero-order chi connectivity index (χ0) is 9.78. The lowest BCUT2D eigenvalue weighted by molar-refractivity contribution is -0.167. The van der Waals surface area contributed by atoms with Gasteiger partial charge in [0.05, 0.1) is 0 Å². The summed E-state index contributed by atoms with van der Waals surface area (Å²) in [5.41, 5.74) is 0. The standard InChI is InChI=1S/C5H8F3NO3/c1-12-3-9(4(10)11)5(7,8)2-6/h2-3H2,1H3,(H,10,11). The molecule has 0 aliphatic carbocycles. The Hall–Kier alpha value is -0.980. The van der Waals surface area contributed by atoms with Crippen molar-refractivity contribution < 1.29 is 27.8 Å². The molecule has 0 saturated carbocycles. The van der Waals surface area contributed by atoms with Crippen LogP contribution in [0.15, 0.2) is 0 Å². The number of halogens is 3. The van der Waals surface area contributed by atoms with Crippen molar-refractivity contribution in [2.45, 2.75) is 6.05 Å². The van der Waals surface area contributed by atoms with Crippen molar-refractivity contribution in [2.75, 3.05) is 20.5 Å². The van der Waals surface area contributed by atoms with E-state index >= 15 is 0 Å². The number of ether oxygens (including phenoxy) is 1. The summed E-state index contributed by atoms with van der Waals surface area (Å²) < 4.78 is 40.4. The van der Waals surface area contributed by atoms with Gasteiger partial charge in [-0.15, -0.1) is 0 Å². The van der Waals surface area contributed by atoms with Crippen LogP contribution >= 0.6 is 0 Å². The zero-order valence-electron chi connectivity index (χ0n) is 6.26. The maximum atomic E-state index is 12.3. The molecule has 0 rings (SSSR count). The van der Waals surface area contributed by atoms with Crippen molar-refractivity contribution >= 4 is 6.09 Å². The van der Waals surface area contributed by atoms with Crippen molar-refractivity contribution in [3.8, 4) is 0 Å². The minimum Gasteiger partial charge on any atom is -0.465 e. The third-order valence-electron chi connectivity index (χ3n) is 1.04. The molecule has 72 valence electrons. The van der Waals surface area contributed by atoms with Crippen LogP contribution in [-0.4, -0.2) is 42.7 Å². The molecule has 0 saturated heterocycles. The fourth-order valence-electron chi connectivity index (χ4n) is 0.491. The number of amides is 1. The number of carboxylic acid groups (broad SMARTS) is 1. The van der Waals surface area contributed by atoms with Gasteiger partial charge in [-0.05, 0) is 0 Å². The number of carbonyl (C=O) groups is 1. The second kappa shape index (κ2) is 4.15. The Kier molecular flexibility index (Phi) is 3.81. The molecule has 1 N–H and O–H groups in total. The van der Waals surface area contributed by atoms with E-state index in [0.29, 0.717) is 0 Å². The van der Waals surface area contributed by atoms with Gasteiger partial charge in [0.2, 0.25) is 0 Å². The van der Waals surface area contributed by atoms with E-state index in [1.807, 2.05) is 0 Å². The maximum Gasteiger partial charge on any atom is 0.413 e. The summed E-state index contributed by atoms with van der Waals surface area (Å²) in [5, 5.41) is 8.17. The average Bonchev–Trinajstić information content (AvgIpc) is 1.99. The van der Waals surface area contributed by atoms with Gasteiger partial charge in [0.1, 0.15) is 6.73 Å². The normalized spacial score (nSPS) is 11.3. The summed E-state index contributed by atoms with van der Waals surface area (Å²) in [6.45, 7) is -2.94. The van der Waals surface area contributed by atoms with Gasteiger partial charge in [-0.2, -0.15) is 8.78 Å². The van der Waals surface area contributed by atoms with E-state index in [9.17, 15) is 18.0 Å². The molecule has 0 aromatic carbocycles. The Morgan fingerprint density at radius 1 is 1.67 bits per heavy atom. The Morgan fingerprint density at radius 3 is 2.42 bits per heavy atom. The SMILES string of the molecule is COCN(C(=O)O)C(F)(F)CF. The molecule has 0 bridgehead atoms. The van der Waals surface area contributed by atoms with E-state index in [1.165, 1.54) is 0 Å². The molecular formula is C5H8F3NO3. The lowest BCUT2D eigenvalue weighted by Gasteiger charge is -2.25. The molecule has 0 aromatic heterocycles. The van der Waals surface area contributed by atoms with Crippen LogP contribution in [0.25, 0.3) is 0 Å². The first kappa shape index (κ1) is 11.0. The van der Waals surface area contributed by atoms with E-state index in [0.717, 1.165) is 7.11 Å². The molecule has 1 amide bonds. The van der Waals surface area contributed by atoms with E-state index < -0.39 is 30.4 Å². The smallest absolute Gasteiger partial charge is 0.413 e. The molecule has 7 heteroatoms. The molecule has 0 radical (unpaired) electrons. The van der Waals surface area contributed by atoms with Crippen LogP contribution in [0.1, 0.15) is 0 Å². The first-order valence-corrected chi connectivity index (χ1v) is 2.89. The highest BCUT2D eigenvalue weighted by atomic mass is 19.3. The topological polar surface area (TPSA) is 49.8 Å². The summed E-state index contributed by atoms with van der Waals surface area (Å²) >= 11 is 0. The summed E-state index contributed by atoms with van der Waals surface area (Å²) in [6, 6.07) is -4.03. The molecule has 12 heavy (non-hydrogen) atoms. The van der Waals surface area contributed by atoms with E-state index in [-0.39, 0.29) is 0 Å². The lowest BCUT2D eigenvalue weighted by atomic mass is 10.5. The van der Waals surface area contributed by atoms with Gasteiger partial charge < -0.3 is 9.84 Å². The van der Waals surface area contributed by atoms with Gasteiger partial charge in [-0.3, -0.25) is 0 Å². The quantitative estimate of drug-likeness (QED) is 0.530. The Labute approximate surface area is 66.5 Å². The average molecular weight is 187 g/mol. The predicted molar refractivity (Wildman–Crippen MR) is 32.7 cm³/mol. The number of alkyl halides is 3. The first-order valence-electron chi connectivity index (χ1n) is 2.89. The number of methoxy groups -OCH3 is 1. The minimum absolute atomic E-state index is 0.424. The lowest BCUT2D eigenvalue weighted by Crippen LogP contribution is -2.47. The molecule has 4 nitrogen and oxygen atoms in total. The summed E-state index contributed by atoms with van der Waals surface area (Å²) in [4.78, 5) is 9.67. The Bertz CT molecular complexity index is 164. The summed E-state index contributed by atoms with van der Waals surface area (Å²) in [6.07, 6.45) is -1.93. The molecular weight excluding hydrogens is 179 g/mol. The highest BCUT2D eigenvalue weighted by Gasteiger charge is 2.40. The second-order valence-electron chi connectivity index (χ2n) is 1.93. The van der Waals surface area contributed by atoms with Crippen LogP contribution in [0.5, 0.6) is 0 Å². The molecule has 0 aliphatic heterocycles. The summed E-state index contributed by atoms with van der Waals surface area (Å²) in [5.74, 6) is 0. The highest BCUT2D eigenvalue weighted by molar-refractivity contribution is 5.65. The Morgan fingerprint density at radius 2 is 2.17 bits per heavy atom. The van der Waals surface area contributed by atoms with Crippen molar-refractivity contribution in [3.05, 3.63) is 0 Å². The molecule has 0 spiro atoms. The molecule has 0 heterocycles. The van der Waals surface area contributed by atoms with Crippen LogP contribution in [0, 0.1) is 0 Å². The van der Waals surface area contributed by atoms with E-state index in [1.54, 1.807) is 0 Å². The van der Waals surface area contributed by atoms with Crippen molar-refractivity contribution in [1.82, 2.24) is 4.90 Å². The van der Waals surface area contributed by atoms with Gasteiger partial charge in [0.15, 0.2) is 6.67 Å². The highest BCUT2D eigenvalue weighted by Crippen LogP contribution is 2.19. The minimum atomic E-state index is -4.03. The van der Waals surface area contributed by atoms with Gasteiger partial charge in [0, 0.05) is 7.11 Å². The molecule has 0 aromatic rings. The molecule has 0 aliphatic rings. The predicted octanol–water partition coefficient (Wildman–Crippen LogP) is 1.13. The Balaban J connectivity index is 4.38. The number of hydrogen-bond acceptors (Lipinski definition) is 2. The van der Waals surface area contributed by atoms with Gasteiger partial charge in [0.25, 0.3) is 0 Å². The van der Waals surface area contributed by atoms with Crippen molar-refractivity contribution in [2.24, 2.45) is 0 Å². The second-order valence-corrected chi connectivity index (χ2v) is 1.93. The van der Waals surface area contributed by atoms with Crippen LogP contribution in [0.3, 0.4) is 0 Å². The zero-order valence-corrected chi connectivity index (χ0v) is 6.26. The largest absolute Gasteiger partial charge is 0.465 e. The molecule has 0 unspecified atom stereocenters. The van der Waals surface area contributed by atoms with Gasteiger partial charge in [-0.25, -0.2) is 14.1 Å². The summed E-state index contributed by atoms with van der Waals surface area (Å²) in [7, 11) is 1.03. The van der Waals surface area contributed by atoms with Crippen molar-refractivity contribution in [3.63, 3.8) is 0 Å². The van der Waals surface area contributed by atoms with Crippen LogP contribution < -0.4 is 0 Å².